The summed E-state index contributed by atoms with van der Waals surface area (Å²) in [6.45, 7) is 10.5. The summed E-state index contributed by atoms with van der Waals surface area (Å²) < 4.78 is 7.51. The number of piperidine rings is 1. The third kappa shape index (κ3) is 6.01. The fourth-order valence-electron chi connectivity index (χ4n) is 3.74. The molecule has 0 saturated carbocycles. The minimum Gasteiger partial charge on any atom is -0.467 e. The summed E-state index contributed by atoms with van der Waals surface area (Å²) in [5.41, 5.74) is 0. The van der Waals surface area contributed by atoms with Crippen molar-refractivity contribution in [3.8, 4) is 0 Å². The molecule has 10 heteroatoms. The summed E-state index contributed by atoms with van der Waals surface area (Å²) in [7, 11) is 0. The molecule has 30 heavy (non-hydrogen) atoms. The average Bonchev–Trinajstić information content (AvgIpc) is 3.29. The van der Waals surface area contributed by atoms with E-state index < -0.39 is 6.03 Å². The number of hydrogen-bond donors (Lipinski definition) is 2. The molecule has 1 aliphatic heterocycles. The molecule has 0 bridgehead atoms. The van der Waals surface area contributed by atoms with Crippen molar-refractivity contribution in [3.05, 3.63) is 24.2 Å². The van der Waals surface area contributed by atoms with Gasteiger partial charge < -0.3 is 14.6 Å². The highest BCUT2D eigenvalue weighted by Gasteiger charge is 2.27. The van der Waals surface area contributed by atoms with Crippen molar-refractivity contribution in [1.82, 2.24) is 25.4 Å². The second kappa shape index (κ2) is 10.0. The number of nitrogens with zero attached hydrogens (tertiary/aromatic N) is 4. The molecule has 3 rings (SSSR count). The van der Waals surface area contributed by atoms with Crippen LogP contribution >= 0.6 is 11.8 Å². The summed E-state index contributed by atoms with van der Waals surface area (Å²) in [6, 6.07) is 3.21. The van der Waals surface area contributed by atoms with Gasteiger partial charge in [0.2, 0.25) is 11.9 Å². The molecule has 2 aromatic heterocycles. The van der Waals surface area contributed by atoms with E-state index in [1.807, 2.05) is 30.5 Å². The van der Waals surface area contributed by atoms with Gasteiger partial charge in [-0.3, -0.25) is 14.7 Å². The summed E-state index contributed by atoms with van der Waals surface area (Å²) in [6.07, 6.45) is 2.83. The first-order chi connectivity index (χ1) is 14.3. The molecule has 164 valence electrons. The highest BCUT2D eigenvalue weighted by molar-refractivity contribution is 7.99. The minimum atomic E-state index is -0.496. The van der Waals surface area contributed by atoms with Crippen molar-refractivity contribution in [2.45, 2.75) is 51.9 Å². The van der Waals surface area contributed by atoms with Crippen molar-refractivity contribution in [1.29, 1.82) is 0 Å². The smallest absolute Gasteiger partial charge is 0.321 e. The quantitative estimate of drug-likeness (QED) is 0.646. The van der Waals surface area contributed by atoms with Crippen LogP contribution < -0.4 is 15.5 Å². The normalized spacial score (nSPS) is 19.2. The number of rotatable bonds is 7. The molecule has 1 saturated heterocycles. The Morgan fingerprint density at radius 3 is 2.63 bits per heavy atom. The number of amides is 3. The maximum absolute atomic E-state index is 12.2. The predicted octanol–water partition coefficient (Wildman–Crippen LogP) is 2.73. The summed E-state index contributed by atoms with van der Waals surface area (Å²) in [4.78, 5) is 26.1. The van der Waals surface area contributed by atoms with Crippen LogP contribution in [-0.4, -0.2) is 51.6 Å². The van der Waals surface area contributed by atoms with Gasteiger partial charge in [-0.05, 0) is 44.2 Å². The summed E-state index contributed by atoms with van der Waals surface area (Å²) in [5, 5.41) is 14.4. The summed E-state index contributed by atoms with van der Waals surface area (Å²) in [5.74, 6) is 2.40. The first-order valence-electron chi connectivity index (χ1n) is 10.3. The zero-order chi connectivity index (χ0) is 21.7. The number of hydrogen-bond acceptors (Lipinski definition) is 7. The zero-order valence-electron chi connectivity index (χ0n) is 17.9. The SMILES string of the molecule is CC(C)NC(=O)NC(=O)CSc1nnc(N2C[C@H](C)C[C@@H](C)C2)n1Cc1ccco1. The molecule has 0 radical (unpaired) electrons. The number of carbonyl (C=O) groups is 2. The Bertz CT molecular complexity index is 841. The molecule has 2 atom stereocenters. The van der Waals surface area contributed by atoms with Crippen LogP contribution in [0.3, 0.4) is 0 Å². The lowest BCUT2D eigenvalue weighted by Crippen LogP contribution is -2.43. The molecule has 0 aromatic carbocycles. The topological polar surface area (TPSA) is 105 Å². The summed E-state index contributed by atoms with van der Waals surface area (Å²) >= 11 is 1.25. The Morgan fingerprint density at radius 1 is 1.27 bits per heavy atom. The van der Waals surface area contributed by atoms with Crippen LogP contribution in [0.25, 0.3) is 0 Å². The second-order valence-corrected chi connectivity index (χ2v) is 9.21. The Hall–Kier alpha value is -2.49. The first-order valence-corrected chi connectivity index (χ1v) is 11.2. The van der Waals surface area contributed by atoms with E-state index in [9.17, 15) is 9.59 Å². The fourth-order valence-corrected chi connectivity index (χ4v) is 4.47. The van der Waals surface area contributed by atoms with Gasteiger partial charge in [0.1, 0.15) is 5.76 Å². The number of nitrogens with one attached hydrogen (secondary N) is 2. The van der Waals surface area contributed by atoms with Gasteiger partial charge in [-0.25, -0.2) is 4.79 Å². The number of aromatic nitrogens is 3. The third-order valence-corrected chi connectivity index (χ3v) is 5.71. The van der Waals surface area contributed by atoms with Crippen molar-refractivity contribution in [2.24, 2.45) is 11.8 Å². The Labute approximate surface area is 181 Å². The second-order valence-electron chi connectivity index (χ2n) is 8.26. The maximum Gasteiger partial charge on any atom is 0.321 e. The first kappa shape index (κ1) is 22.2. The van der Waals surface area contributed by atoms with Crippen LogP contribution in [0, 0.1) is 11.8 Å². The Morgan fingerprint density at radius 2 is 2.00 bits per heavy atom. The average molecular weight is 435 g/mol. The van der Waals surface area contributed by atoms with E-state index in [4.69, 9.17) is 4.42 Å². The standard InChI is InChI=1S/C20H30N6O3S/c1-13(2)21-18(28)22-17(27)12-30-20-24-23-19(25-9-14(3)8-15(4)10-25)26(20)11-16-6-5-7-29-16/h5-7,13-15H,8-12H2,1-4H3,(H2,21,22,27,28)/t14-,15-/m1/s1. The maximum atomic E-state index is 12.2. The number of urea groups is 1. The van der Waals surface area contributed by atoms with E-state index in [1.54, 1.807) is 6.26 Å². The van der Waals surface area contributed by atoms with Gasteiger partial charge in [0.15, 0.2) is 5.16 Å². The van der Waals surface area contributed by atoms with Gasteiger partial charge in [-0.15, -0.1) is 10.2 Å². The molecule has 9 nitrogen and oxygen atoms in total. The largest absolute Gasteiger partial charge is 0.467 e. The number of thioether (sulfide) groups is 1. The molecule has 3 heterocycles. The molecule has 0 unspecified atom stereocenters. The van der Waals surface area contributed by atoms with E-state index >= 15 is 0 Å². The number of carbonyl (C=O) groups excluding carboxylic acids is 2. The predicted molar refractivity (Wildman–Crippen MR) is 116 cm³/mol. The minimum absolute atomic E-state index is 0.0428. The number of furan rings is 1. The van der Waals surface area contributed by atoms with Crippen LogP contribution in [0.15, 0.2) is 28.0 Å². The zero-order valence-corrected chi connectivity index (χ0v) is 18.7. The van der Waals surface area contributed by atoms with Gasteiger partial charge in [0, 0.05) is 19.1 Å². The van der Waals surface area contributed by atoms with Gasteiger partial charge >= 0.3 is 6.03 Å². The fraction of sp³-hybridized carbons (Fsp3) is 0.600. The van der Waals surface area contributed by atoms with Crippen LogP contribution in [0.4, 0.5) is 10.7 Å². The van der Waals surface area contributed by atoms with Gasteiger partial charge in [0.25, 0.3) is 0 Å². The van der Waals surface area contributed by atoms with Crippen LogP contribution in [0.5, 0.6) is 0 Å². The number of imide groups is 1. The molecular formula is C20H30N6O3S. The van der Waals surface area contributed by atoms with Crippen LogP contribution in [-0.2, 0) is 11.3 Å². The van der Waals surface area contributed by atoms with Gasteiger partial charge in [0.05, 0.1) is 18.6 Å². The van der Waals surface area contributed by atoms with Gasteiger partial charge in [-0.2, -0.15) is 0 Å². The monoisotopic (exact) mass is 434 g/mol. The van der Waals surface area contributed by atoms with Gasteiger partial charge in [-0.1, -0.05) is 25.6 Å². The number of anilines is 1. The lowest BCUT2D eigenvalue weighted by atomic mass is 9.92. The van der Waals surface area contributed by atoms with Crippen LogP contribution in [0.2, 0.25) is 0 Å². The third-order valence-electron chi connectivity index (χ3n) is 4.75. The Balaban J connectivity index is 1.73. The van der Waals surface area contributed by atoms with Crippen molar-refractivity contribution < 1.29 is 14.0 Å². The van der Waals surface area contributed by atoms with E-state index in [2.05, 4.69) is 39.6 Å². The molecule has 0 spiro atoms. The van der Waals surface area contributed by atoms with Crippen LogP contribution in [0.1, 0.15) is 39.9 Å². The van der Waals surface area contributed by atoms with Crippen molar-refractivity contribution in [3.63, 3.8) is 0 Å². The van der Waals surface area contributed by atoms with Crippen molar-refractivity contribution in [2.75, 3.05) is 23.7 Å². The Kier molecular flexibility index (Phi) is 7.41. The van der Waals surface area contributed by atoms with Crippen molar-refractivity contribution >= 4 is 29.6 Å². The molecule has 0 aliphatic carbocycles. The van der Waals surface area contributed by atoms with E-state index in [0.29, 0.717) is 23.5 Å². The van der Waals surface area contributed by atoms with E-state index in [-0.39, 0.29) is 17.7 Å². The lowest BCUT2D eigenvalue weighted by molar-refractivity contribution is -0.117. The highest BCUT2D eigenvalue weighted by Crippen LogP contribution is 2.28. The molecule has 1 fully saturated rings. The highest BCUT2D eigenvalue weighted by atomic mass is 32.2. The van der Waals surface area contributed by atoms with E-state index in [0.717, 1.165) is 24.8 Å². The van der Waals surface area contributed by atoms with E-state index in [1.165, 1.54) is 18.2 Å². The lowest BCUT2D eigenvalue weighted by Gasteiger charge is -2.35. The molecule has 1 aliphatic rings. The molecule has 3 amide bonds. The molecule has 2 N–H and O–H groups in total. The molecular weight excluding hydrogens is 404 g/mol. The molecule has 2 aromatic rings.